The third-order valence-corrected chi connectivity index (χ3v) is 5.73. The third-order valence-electron chi connectivity index (χ3n) is 5.73. The monoisotopic (exact) mass is 404 g/mol. The van der Waals surface area contributed by atoms with E-state index in [1.165, 1.54) is 0 Å². The highest BCUT2D eigenvalue weighted by molar-refractivity contribution is 5.80. The molecular formula is C24H28N4O2. The van der Waals surface area contributed by atoms with Crippen LogP contribution in [0.4, 0.5) is 0 Å². The van der Waals surface area contributed by atoms with Gasteiger partial charge in [-0.3, -0.25) is 14.9 Å². The maximum absolute atomic E-state index is 13.2. The Hall–Kier alpha value is -3.15. The molecule has 1 amide bonds. The first kappa shape index (κ1) is 20.1. The molecular weight excluding hydrogens is 376 g/mol. The van der Waals surface area contributed by atoms with Crippen molar-refractivity contribution < 1.29 is 9.53 Å². The SMILES string of the molecule is CCOc1ccc(CC(=O)N2CCCC[C@@H]2c2[nH]ncc2-c2ccncc2C)cc1. The van der Waals surface area contributed by atoms with E-state index >= 15 is 0 Å². The van der Waals surface area contributed by atoms with Gasteiger partial charge >= 0.3 is 0 Å². The summed E-state index contributed by atoms with van der Waals surface area (Å²) in [6.07, 6.45) is 8.99. The number of aromatic amines is 1. The van der Waals surface area contributed by atoms with Crippen molar-refractivity contribution in [2.75, 3.05) is 13.2 Å². The molecule has 4 rings (SSSR count). The number of likely N-dealkylation sites (tertiary alicyclic amines) is 1. The smallest absolute Gasteiger partial charge is 0.227 e. The van der Waals surface area contributed by atoms with Gasteiger partial charge < -0.3 is 9.64 Å². The average molecular weight is 405 g/mol. The van der Waals surface area contributed by atoms with Gasteiger partial charge in [-0.05, 0) is 68.0 Å². The summed E-state index contributed by atoms with van der Waals surface area (Å²) in [7, 11) is 0. The zero-order valence-electron chi connectivity index (χ0n) is 17.6. The maximum atomic E-state index is 13.2. The number of carbonyl (C=O) groups excluding carboxylic acids is 1. The molecule has 0 spiro atoms. The first-order valence-corrected chi connectivity index (χ1v) is 10.6. The number of amides is 1. The van der Waals surface area contributed by atoms with Crippen LogP contribution in [0.1, 0.15) is 49.0 Å². The Labute approximate surface area is 177 Å². The molecule has 2 aromatic heterocycles. The van der Waals surface area contributed by atoms with Gasteiger partial charge in [0.05, 0.1) is 31.0 Å². The molecule has 156 valence electrons. The summed E-state index contributed by atoms with van der Waals surface area (Å²) < 4.78 is 5.50. The number of hydrogen-bond donors (Lipinski definition) is 1. The van der Waals surface area contributed by atoms with Crippen LogP contribution in [0, 0.1) is 6.92 Å². The molecule has 1 aliphatic rings. The van der Waals surface area contributed by atoms with Crippen LogP contribution in [0.25, 0.3) is 11.1 Å². The minimum atomic E-state index is 0.0130. The molecule has 6 heteroatoms. The number of aromatic nitrogens is 3. The fourth-order valence-corrected chi connectivity index (χ4v) is 4.22. The molecule has 0 bridgehead atoms. The van der Waals surface area contributed by atoms with Gasteiger partial charge in [0.15, 0.2) is 0 Å². The number of piperidine rings is 1. The fraction of sp³-hybridized carbons (Fsp3) is 0.375. The summed E-state index contributed by atoms with van der Waals surface area (Å²) in [5.41, 5.74) is 5.29. The van der Waals surface area contributed by atoms with Crippen molar-refractivity contribution in [1.82, 2.24) is 20.1 Å². The van der Waals surface area contributed by atoms with Crippen molar-refractivity contribution in [3.8, 4) is 16.9 Å². The van der Waals surface area contributed by atoms with Gasteiger partial charge in [0.25, 0.3) is 0 Å². The Morgan fingerprint density at radius 3 is 2.77 bits per heavy atom. The lowest BCUT2D eigenvalue weighted by Crippen LogP contribution is -2.39. The summed E-state index contributed by atoms with van der Waals surface area (Å²) in [6.45, 7) is 5.42. The van der Waals surface area contributed by atoms with E-state index in [9.17, 15) is 4.79 Å². The molecule has 1 aromatic carbocycles. The molecule has 0 saturated carbocycles. The molecule has 3 heterocycles. The van der Waals surface area contributed by atoms with Gasteiger partial charge in [0, 0.05) is 24.5 Å². The van der Waals surface area contributed by atoms with E-state index in [2.05, 4.69) is 22.1 Å². The van der Waals surface area contributed by atoms with Crippen molar-refractivity contribution in [3.63, 3.8) is 0 Å². The number of pyridine rings is 1. The van der Waals surface area contributed by atoms with Gasteiger partial charge in [0.1, 0.15) is 5.75 Å². The largest absolute Gasteiger partial charge is 0.494 e. The highest BCUT2D eigenvalue weighted by Crippen LogP contribution is 2.36. The van der Waals surface area contributed by atoms with Gasteiger partial charge in [-0.1, -0.05) is 12.1 Å². The predicted octanol–water partition coefficient (Wildman–Crippen LogP) is 4.48. The number of nitrogens with one attached hydrogen (secondary N) is 1. The zero-order valence-corrected chi connectivity index (χ0v) is 17.6. The van der Waals surface area contributed by atoms with Crippen LogP contribution in [0.5, 0.6) is 5.75 Å². The molecule has 1 saturated heterocycles. The zero-order chi connectivity index (χ0) is 20.9. The van der Waals surface area contributed by atoms with E-state index in [0.29, 0.717) is 13.0 Å². The lowest BCUT2D eigenvalue weighted by Gasteiger charge is -2.36. The van der Waals surface area contributed by atoms with E-state index in [1.54, 1.807) is 6.20 Å². The Morgan fingerprint density at radius 2 is 2.00 bits per heavy atom. The minimum absolute atomic E-state index is 0.0130. The van der Waals surface area contributed by atoms with Crippen LogP contribution in [0.2, 0.25) is 0 Å². The van der Waals surface area contributed by atoms with E-state index < -0.39 is 0 Å². The van der Waals surface area contributed by atoms with E-state index in [0.717, 1.165) is 59.5 Å². The van der Waals surface area contributed by atoms with Crippen molar-refractivity contribution in [2.24, 2.45) is 0 Å². The molecule has 1 N–H and O–H groups in total. The summed E-state index contributed by atoms with van der Waals surface area (Å²) in [6, 6.07) is 9.84. The summed E-state index contributed by atoms with van der Waals surface area (Å²) in [5, 5.41) is 7.51. The van der Waals surface area contributed by atoms with Crippen LogP contribution in [-0.4, -0.2) is 39.1 Å². The summed E-state index contributed by atoms with van der Waals surface area (Å²) in [5.74, 6) is 0.982. The number of benzene rings is 1. The van der Waals surface area contributed by atoms with Crippen LogP contribution in [0.15, 0.2) is 48.9 Å². The van der Waals surface area contributed by atoms with Gasteiger partial charge in [-0.15, -0.1) is 0 Å². The Balaban J connectivity index is 1.56. The third kappa shape index (κ3) is 4.22. The standard InChI is InChI=1S/C24H28N4O2/c1-3-30-19-9-7-18(8-10-19)14-23(29)28-13-5-4-6-22(28)24-21(16-26-27-24)20-11-12-25-15-17(20)2/h7-12,15-16,22H,3-6,13-14H2,1-2H3,(H,26,27)/t22-/m1/s1. The average Bonchev–Trinajstić information content (AvgIpc) is 3.25. The molecule has 0 unspecified atom stereocenters. The second kappa shape index (κ2) is 9.11. The van der Waals surface area contributed by atoms with E-state index in [4.69, 9.17) is 4.74 Å². The highest BCUT2D eigenvalue weighted by Gasteiger charge is 2.31. The Kier molecular flexibility index (Phi) is 6.12. The van der Waals surface area contributed by atoms with Crippen molar-refractivity contribution >= 4 is 5.91 Å². The molecule has 1 aliphatic heterocycles. The number of aryl methyl sites for hydroxylation is 1. The van der Waals surface area contributed by atoms with E-state index in [-0.39, 0.29) is 11.9 Å². The molecule has 0 radical (unpaired) electrons. The summed E-state index contributed by atoms with van der Waals surface area (Å²) >= 11 is 0. The minimum Gasteiger partial charge on any atom is -0.494 e. The van der Waals surface area contributed by atoms with Gasteiger partial charge in [0.2, 0.25) is 5.91 Å². The first-order chi connectivity index (χ1) is 14.7. The van der Waals surface area contributed by atoms with Gasteiger partial charge in [-0.2, -0.15) is 5.10 Å². The Morgan fingerprint density at radius 1 is 1.17 bits per heavy atom. The fourth-order valence-electron chi connectivity index (χ4n) is 4.22. The van der Waals surface area contributed by atoms with Crippen LogP contribution in [0.3, 0.4) is 0 Å². The molecule has 1 atom stereocenters. The molecule has 0 aliphatic carbocycles. The number of ether oxygens (including phenoxy) is 1. The van der Waals surface area contributed by atoms with Crippen molar-refractivity contribution in [2.45, 2.75) is 45.6 Å². The maximum Gasteiger partial charge on any atom is 0.227 e. The molecule has 3 aromatic rings. The first-order valence-electron chi connectivity index (χ1n) is 10.6. The topological polar surface area (TPSA) is 71.1 Å². The summed E-state index contributed by atoms with van der Waals surface area (Å²) in [4.78, 5) is 19.5. The quantitative estimate of drug-likeness (QED) is 0.658. The van der Waals surface area contributed by atoms with Crippen LogP contribution < -0.4 is 4.74 Å². The molecule has 30 heavy (non-hydrogen) atoms. The van der Waals surface area contributed by atoms with E-state index in [1.807, 2.05) is 54.5 Å². The highest BCUT2D eigenvalue weighted by atomic mass is 16.5. The molecule has 6 nitrogen and oxygen atoms in total. The Bertz CT molecular complexity index is 996. The number of carbonyl (C=O) groups is 1. The van der Waals surface area contributed by atoms with Gasteiger partial charge in [-0.25, -0.2) is 0 Å². The van der Waals surface area contributed by atoms with Crippen LogP contribution in [-0.2, 0) is 11.2 Å². The van der Waals surface area contributed by atoms with Crippen molar-refractivity contribution in [1.29, 1.82) is 0 Å². The predicted molar refractivity (Wildman–Crippen MR) is 116 cm³/mol. The van der Waals surface area contributed by atoms with Crippen LogP contribution >= 0.6 is 0 Å². The lowest BCUT2D eigenvalue weighted by atomic mass is 9.93. The van der Waals surface area contributed by atoms with Crippen molar-refractivity contribution in [3.05, 3.63) is 65.7 Å². The number of H-pyrrole nitrogens is 1. The number of nitrogens with zero attached hydrogens (tertiary/aromatic N) is 3. The second-order valence-electron chi connectivity index (χ2n) is 7.74. The lowest BCUT2D eigenvalue weighted by molar-refractivity contribution is -0.134. The second-order valence-corrected chi connectivity index (χ2v) is 7.74. The number of hydrogen-bond acceptors (Lipinski definition) is 4. The normalized spacial score (nSPS) is 16.5. The molecule has 1 fully saturated rings. The number of rotatable bonds is 6.